The number of hydrogen-bond donors (Lipinski definition) is 1. The Morgan fingerprint density at radius 1 is 1.20 bits per heavy atom. The maximum absolute atomic E-state index is 14.7. The number of ether oxygens (including phenoxy) is 2. The second kappa shape index (κ2) is 11.0. The predicted molar refractivity (Wildman–Crippen MR) is 151 cm³/mol. The number of likely N-dealkylation sites (N-methyl/N-ethyl adjacent to an activating group) is 1. The quantitative estimate of drug-likeness (QED) is 0.448. The van der Waals surface area contributed by atoms with Crippen LogP contribution in [0.3, 0.4) is 0 Å². The van der Waals surface area contributed by atoms with E-state index < -0.39 is 23.3 Å². The summed E-state index contributed by atoms with van der Waals surface area (Å²) in [6, 6.07) is 8.16. The minimum absolute atomic E-state index is 0.103. The fraction of sp³-hybridized carbons (Fsp3) is 0.500. The van der Waals surface area contributed by atoms with E-state index in [4.69, 9.17) is 14.5 Å². The molecule has 0 aliphatic carbocycles. The van der Waals surface area contributed by atoms with E-state index in [1.807, 2.05) is 16.8 Å². The van der Waals surface area contributed by atoms with Gasteiger partial charge in [0.2, 0.25) is 0 Å². The number of likely N-dealkylation sites (tertiary alicyclic amines) is 1. The van der Waals surface area contributed by atoms with Gasteiger partial charge in [0.25, 0.3) is 5.91 Å². The van der Waals surface area contributed by atoms with Crippen LogP contribution in [-0.2, 0) is 11.3 Å². The smallest absolute Gasteiger partial charge is 0.318 e. The summed E-state index contributed by atoms with van der Waals surface area (Å²) in [6.07, 6.45) is 1.89. The topological polar surface area (TPSA) is 91.3 Å². The number of phenols is 1. The lowest BCUT2D eigenvalue weighted by Gasteiger charge is -2.35. The molecule has 0 saturated carbocycles. The highest BCUT2D eigenvalue weighted by Gasteiger charge is 2.44. The Labute approximate surface area is 237 Å². The van der Waals surface area contributed by atoms with Gasteiger partial charge in [0, 0.05) is 49.5 Å². The zero-order chi connectivity index (χ0) is 28.7. The van der Waals surface area contributed by atoms with Crippen LogP contribution in [0.25, 0.3) is 10.8 Å². The number of aromatic nitrogens is 2. The first-order chi connectivity index (χ1) is 19.8. The second-order valence-corrected chi connectivity index (χ2v) is 11.2. The van der Waals surface area contributed by atoms with Gasteiger partial charge in [0.15, 0.2) is 11.6 Å². The van der Waals surface area contributed by atoms with Gasteiger partial charge in [0.1, 0.15) is 24.2 Å². The molecular weight excluding hydrogens is 532 g/mol. The molecule has 2 atom stereocenters. The van der Waals surface area contributed by atoms with Crippen molar-refractivity contribution in [2.24, 2.45) is 0 Å². The molecule has 3 aliphatic rings. The molecule has 9 nitrogen and oxygen atoms in total. The first-order valence-electron chi connectivity index (χ1n) is 14.2. The molecule has 3 aromatic rings. The summed E-state index contributed by atoms with van der Waals surface area (Å²) in [5.74, 6) is -1.13. The summed E-state index contributed by atoms with van der Waals surface area (Å²) in [7, 11) is 1.92. The van der Waals surface area contributed by atoms with Crippen LogP contribution < -0.4 is 14.5 Å². The third kappa shape index (κ3) is 4.95. The molecule has 1 amide bonds. The number of halogens is 2. The SMILES string of the molecule is CCCC1(COc2nc3c(c(N4CCCOCC4)n2)C(=O)N(c2cc(O)c(F)c4ccccc24)C3)CC(F)CN1C. The van der Waals surface area contributed by atoms with Gasteiger partial charge < -0.3 is 24.4 Å². The molecule has 1 N–H and O–H groups in total. The van der Waals surface area contributed by atoms with Crippen molar-refractivity contribution in [1.29, 1.82) is 0 Å². The Balaban J connectivity index is 1.39. The molecule has 6 rings (SSSR count). The maximum Gasteiger partial charge on any atom is 0.318 e. The van der Waals surface area contributed by atoms with Crippen molar-refractivity contribution in [2.75, 3.05) is 56.3 Å². The third-order valence-electron chi connectivity index (χ3n) is 8.53. The number of nitrogens with zero attached hydrogens (tertiary/aromatic N) is 5. The number of hydrogen-bond acceptors (Lipinski definition) is 8. The number of rotatable bonds is 7. The molecule has 0 radical (unpaired) electrons. The Kier molecular flexibility index (Phi) is 7.41. The van der Waals surface area contributed by atoms with Crippen LogP contribution >= 0.6 is 0 Å². The molecule has 41 heavy (non-hydrogen) atoms. The van der Waals surface area contributed by atoms with E-state index in [9.17, 15) is 18.7 Å². The lowest BCUT2D eigenvalue weighted by Crippen LogP contribution is -2.46. The van der Waals surface area contributed by atoms with Crippen LogP contribution in [0.1, 0.15) is 48.7 Å². The highest BCUT2D eigenvalue weighted by Crippen LogP contribution is 2.41. The molecule has 2 fully saturated rings. The highest BCUT2D eigenvalue weighted by molar-refractivity contribution is 6.16. The number of carbonyl (C=O) groups is 1. The fourth-order valence-electron chi connectivity index (χ4n) is 6.46. The zero-order valence-corrected chi connectivity index (χ0v) is 23.4. The molecule has 2 aromatic carbocycles. The minimum atomic E-state index is -0.920. The van der Waals surface area contributed by atoms with E-state index >= 15 is 0 Å². The summed E-state index contributed by atoms with van der Waals surface area (Å²) in [6.45, 7) is 5.05. The van der Waals surface area contributed by atoms with Gasteiger partial charge in [-0.2, -0.15) is 9.97 Å². The van der Waals surface area contributed by atoms with Crippen molar-refractivity contribution in [3.05, 3.63) is 47.4 Å². The average Bonchev–Trinajstić information content (AvgIpc) is 3.28. The number of aromatic hydroxyl groups is 1. The van der Waals surface area contributed by atoms with E-state index in [2.05, 4.69) is 11.9 Å². The van der Waals surface area contributed by atoms with E-state index in [-0.39, 0.29) is 30.5 Å². The van der Waals surface area contributed by atoms with Crippen LogP contribution in [0.5, 0.6) is 11.8 Å². The van der Waals surface area contributed by atoms with Crippen molar-refractivity contribution in [3.63, 3.8) is 0 Å². The number of fused-ring (bicyclic) bond motifs is 2. The third-order valence-corrected chi connectivity index (χ3v) is 8.53. The van der Waals surface area contributed by atoms with Gasteiger partial charge >= 0.3 is 6.01 Å². The largest absolute Gasteiger partial charge is 0.505 e. The second-order valence-electron chi connectivity index (χ2n) is 11.2. The van der Waals surface area contributed by atoms with Crippen LogP contribution in [-0.4, -0.2) is 84.1 Å². The number of carbonyl (C=O) groups excluding carboxylic acids is 1. The highest BCUT2D eigenvalue weighted by atomic mass is 19.1. The van der Waals surface area contributed by atoms with E-state index in [1.54, 1.807) is 24.3 Å². The first-order valence-corrected chi connectivity index (χ1v) is 14.2. The van der Waals surface area contributed by atoms with Gasteiger partial charge in [-0.1, -0.05) is 37.6 Å². The van der Waals surface area contributed by atoms with Gasteiger partial charge in [-0.05, 0) is 19.9 Å². The van der Waals surface area contributed by atoms with Crippen LogP contribution in [0, 0.1) is 5.82 Å². The van der Waals surface area contributed by atoms with Crippen LogP contribution in [0.15, 0.2) is 30.3 Å². The van der Waals surface area contributed by atoms with Gasteiger partial charge in [-0.25, -0.2) is 8.78 Å². The monoisotopic (exact) mass is 567 g/mol. The lowest BCUT2D eigenvalue weighted by molar-refractivity contribution is 0.0822. The Hall–Kier alpha value is -3.57. The number of anilines is 2. The molecule has 2 unspecified atom stereocenters. The molecule has 3 aliphatic heterocycles. The average molecular weight is 568 g/mol. The first kappa shape index (κ1) is 27.6. The molecule has 2 saturated heterocycles. The molecule has 218 valence electrons. The number of benzene rings is 2. The number of phenolic OH excluding ortho intramolecular Hbond substituents is 1. The lowest BCUT2D eigenvalue weighted by atomic mass is 9.91. The number of alkyl halides is 1. The summed E-state index contributed by atoms with van der Waals surface area (Å²) >= 11 is 0. The molecule has 0 bridgehead atoms. The van der Waals surface area contributed by atoms with Crippen molar-refractivity contribution in [3.8, 4) is 11.8 Å². The summed E-state index contributed by atoms with van der Waals surface area (Å²) in [5, 5.41) is 11.1. The standard InChI is InChI=1S/C30H35F2N5O4/c1-3-9-30(15-19(31)16-35(30)2)18-41-29-33-22-17-37(23-14-24(38)26(32)21-8-5-4-7-20(21)23)28(39)25(22)27(34-29)36-10-6-12-40-13-11-36/h4-5,7-8,14,19,38H,3,6,9-13,15-18H2,1-2H3. The van der Waals surface area contributed by atoms with Crippen molar-refractivity contribution >= 4 is 28.2 Å². The van der Waals surface area contributed by atoms with Crippen molar-refractivity contribution in [2.45, 2.75) is 50.9 Å². The van der Waals surface area contributed by atoms with Crippen molar-refractivity contribution in [1.82, 2.24) is 14.9 Å². The fourth-order valence-corrected chi connectivity index (χ4v) is 6.46. The van der Waals surface area contributed by atoms with E-state index in [0.29, 0.717) is 67.4 Å². The summed E-state index contributed by atoms with van der Waals surface area (Å²) in [4.78, 5) is 29.0. The molecule has 1 aromatic heterocycles. The molecule has 0 spiro atoms. The minimum Gasteiger partial charge on any atom is -0.505 e. The Bertz CT molecular complexity index is 1460. The summed E-state index contributed by atoms with van der Waals surface area (Å²) < 4.78 is 41.0. The molecule has 4 heterocycles. The molecular formula is C30H35F2N5O4. The normalized spacial score (nSPS) is 23.3. The van der Waals surface area contributed by atoms with Gasteiger partial charge in [-0.3, -0.25) is 9.69 Å². The predicted octanol–water partition coefficient (Wildman–Crippen LogP) is 4.45. The van der Waals surface area contributed by atoms with Crippen molar-refractivity contribution < 1.29 is 28.2 Å². The Morgan fingerprint density at radius 3 is 2.76 bits per heavy atom. The van der Waals surface area contributed by atoms with E-state index in [0.717, 1.165) is 19.3 Å². The molecule has 11 heteroatoms. The maximum atomic E-state index is 14.7. The Morgan fingerprint density at radius 2 is 2.00 bits per heavy atom. The number of amides is 1. The van der Waals surface area contributed by atoms with Gasteiger partial charge in [0.05, 0.1) is 30.1 Å². The van der Waals surface area contributed by atoms with Gasteiger partial charge in [-0.15, -0.1) is 0 Å². The zero-order valence-electron chi connectivity index (χ0n) is 23.4. The summed E-state index contributed by atoms with van der Waals surface area (Å²) in [5.41, 5.74) is 0.774. The van der Waals surface area contributed by atoms with Crippen LogP contribution in [0.4, 0.5) is 20.3 Å². The van der Waals surface area contributed by atoms with Crippen LogP contribution in [0.2, 0.25) is 0 Å². The van der Waals surface area contributed by atoms with E-state index in [1.165, 1.54) is 11.0 Å².